The second-order valence-corrected chi connectivity index (χ2v) is 12.0. The van der Waals surface area contributed by atoms with E-state index < -0.39 is 18.1 Å². The zero-order valence-electron chi connectivity index (χ0n) is 25.7. The molecule has 3 amide bonds. The number of hydrogen-bond donors (Lipinski definition) is 4. The molecule has 0 saturated carbocycles. The van der Waals surface area contributed by atoms with E-state index >= 15 is 0 Å². The monoisotopic (exact) mass is 595 g/mol. The second kappa shape index (κ2) is 15.1. The van der Waals surface area contributed by atoms with Gasteiger partial charge in [0.25, 0.3) is 0 Å². The predicted octanol–water partition coefficient (Wildman–Crippen LogP) is 3.59. The molecule has 2 aliphatic rings. The lowest BCUT2D eigenvalue weighted by Gasteiger charge is -2.33. The third kappa shape index (κ3) is 7.37. The Morgan fingerprint density at radius 2 is 1.41 bits per heavy atom. The molecule has 0 radical (unpaired) electrons. The Morgan fingerprint density at radius 3 is 2.00 bits per heavy atom. The zero-order valence-corrected chi connectivity index (χ0v) is 25.7. The number of fused-ring (bicyclic) bond motifs is 1. The van der Waals surface area contributed by atoms with Crippen LogP contribution >= 0.6 is 0 Å². The number of carbonyl (C=O) groups excluding carboxylic acids is 3. The summed E-state index contributed by atoms with van der Waals surface area (Å²) in [5.41, 5.74) is 3.01. The number of hydrogen-bond acceptors (Lipinski definition) is 5. The smallest absolute Gasteiger partial charge is 0.246 e. The average molecular weight is 596 g/mol. The average Bonchev–Trinajstić information content (AvgIpc) is 3.45. The first kappa shape index (κ1) is 31.4. The fourth-order valence-electron chi connectivity index (χ4n) is 6.83. The maximum absolute atomic E-state index is 14.4. The first-order valence-electron chi connectivity index (χ1n) is 15.9. The van der Waals surface area contributed by atoms with Crippen molar-refractivity contribution in [1.29, 1.82) is 0 Å². The van der Waals surface area contributed by atoms with Gasteiger partial charge in [0.2, 0.25) is 17.7 Å². The van der Waals surface area contributed by atoms with Gasteiger partial charge < -0.3 is 26.2 Å². The molecule has 1 unspecified atom stereocenters. The molecule has 5 atom stereocenters. The number of nitrogens with one attached hydrogen (secondary N) is 4. The van der Waals surface area contributed by atoms with Gasteiger partial charge in [-0.15, -0.1) is 0 Å². The van der Waals surface area contributed by atoms with Crippen LogP contribution in [-0.4, -0.2) is 67.4 Å². The highest BCUT2D eigenvalue weighted by Gasteiger charge is 2.47. The summed E-state index contributed by atoms with van der Waals surface area (Å²) in [7, 11) is 3.67. The lowest BCUT2D eigenvalue weighted by atomic mass is 9.90. The number of rotatable bonds is 12. The lowest BCUT2D eigenvalue weighted by Crippen LogP contribution is -2.58. The minimum Gasteiger partial charge on any atom is -0.343 e. The van der Waals surface area contributed by atoms with Crippen molar-refractivity contribution in [3.8, 4) is 0 Å². The standard InChI is InChI=1S/C36H45N5O3/c1-37-23-22-28-18-19-29-20-21-31(35(43)39-32(26-14-8-4-9-15-26)27-16-10-5-11-17-27)41(29)36(44)33(28)40-34(42)30(38-2)24-25-12-6-3-7-13-25/h3-17,28-33,37-38H,18-24H2,1-2H3,(H,39,43)(H,40,42)/t28-,29?,30-,31+,33+/m1/s1. The van der Waals surface area contributed by atoms with E-state index in [2.05, 4.69) is 21.3 Å². The molecular weight excluding hydrogens is 550 g/mol. The maximum Gasteiger partial charge on any atom is 0.246 e. The second-order valence-electron chi connectivity index (χ2n) is 12.0. The Labute approximate surface area is 261 Å². The van der Waals surface area contributed by atoms with Gasteiger partial charge >= 0.3 is 0 Å². The maximum atomic E-state index is 14.4. The molecule has 5 rings (SSSR count). The van der Waals surface area contributed by atoms with Gasteiger partial charge in [-0.25, -0.2) is 0 Å². The fourth-order valence-corrected chi connectivity index (χ4v) is 6.83. The van der Waals surface area contributed by atoms with Crippen LogP contribution in [0.25, 0.3) is 0 Å². The van der Waals surface area contributed by atoms with E-state index in [1.807, 2.05) is 98.0 Å². The molecule has 2 aliphatic heterocycles. The van der Waals surface area contributed by atoms with E-state index in [0.29, 0.717) is 12.8 Å². The number of carbonyl (C=O) groups is 3. The first-order valence-corrected chi connectivity index (χ1v) is 15.9. The normalized spacial score (nSPS) is 22.2. The van der Waals surface area contributed by atoms with Crippen molar-refractivity contribution in [2.24, 2.45) is 5.92 Å². The Hall–Kier alpha value is -4.01. The van der Waals surface area contributed by atoms with E-state index in [4.69, 9.17) is 0 Å². The molecule has 44 heavy (non-hydrogen) atoms. The zero-order chi connectivity index (χ0) is 30.9. The van der Waals surface area contributed by atoms with Crippen LogP contribution in [0, 0.1) is 5.92 Å². The molecule has 0 spiro atoms. The van der Waals surface area contributed by atoms with Crippen LogP contribution in [0.15, 0.2) is 91.0 Å². The largest absolute Gasteiger partial charge is 0.343 e. The van der Waals surface area contributed by atoms with Crippen molar-refractivity contribution in [3.63, 3.8) is 0 Å². The van der Waals surface area contributed by atoms with Gasteiger partial charge in [-0.1, -0.05) is 91.0 Å². The Morgan fingerprint density at radius 1 is 0.818 bits per heavy atom. The molecule has 0 aliphatic carbocycles. The molecule has 2 saturated heterocycles. The van der Waals surface area contributed by atoms with Crippen molar-refractivity contribution >= 4 is 17.7 Å². The van der Waals surface area contributed by atoms with Gasteiger partial charge in [-0.3, -0.25) is 14.4 Å². The van der Waals surface area contributed by atoms with Gasteiger partial charge in [0.15, 0.2) is 0 Å². The van der Waals surface area contributed by atoms with Gasteiger partial charge in [0.05, 0.1) is 12.1 Å². The van der Waals surface area contributed by atoms with Gasteiger partial charge in [-0.05, 0) is 81.8 Å². The van der Waals surface area contributed by atoms with Crippen molar-refractivity contribution < 1.29 is 14.4 Å². The summed E-state index contributed by atoms with van der Waals surface area (Å²) in [5.74, 6) is -0.528. The van der Waals surface area contributed by atoms with Crippen LogP contribution in [-0.2, 0) is 20.8 Å². The molecule has 0 aromatic heterocycles. The van der Waals surface area contributed by atoms with Crippen LogP contribution in [0.2, 0.25) is 0 Å². The summed E-state index contributed by atoms with van der Waals surface area (Å²) < 4.78 is 0. The lowest BCUT2D eigenvalue weighted by molar-refractivity contribution is -0.143. The van der Waals surface area contributed by atoms with E-state index in [9.17, 15) is 14.4 Å². The topological polar surface area (TPSA) is 103 Å². The summed E-state index contributed by atoms with van der Waals surface area (Å²) in [6.07, 6.45) is 4.29. The molecule has 232 valence electrons. The SMILES string of the molecule is CNCC[C@H]1CCC2CC[C@@H](C(=O)NC(c3ccccc3)c3ccccc3)N2C(=O)[C@H]1NC(=O)[C@@H](Cc1ccccc1)NC. The molecule has 2 fully saturated rings. The number of likely N-dealkylation sites (N-methyl/N-ethyl adjacent to an activating group) is 1. The van der Waals surface area contributed by atoms with E-state index in [-0.39, 0.29) is 35.7 Å². The minimum atomic E-state index is -0.695. The van der Waals surface area contributed by atoms with E-state index in [1.165, 1.54) is 0 Å². The number of nitrogens with zero attached hydrogens (tertiary/aromatic N) is 1. The minimum absolute atomic E-state index is 0.0199. The summed E-state index contributed by atoms with van der Waals surface area (Å²) in [4.78, 5) is 43.9. The molecule has 3 aromatic carbocycles. The Bertz CT molecular complexity index is 1330. The van der Waals surface area contributed by atoms with Crippen LogP contribution < -0.4 is 21.3 Å². The van der Waals surface area contributed by atoms with Gasteiger partial charge in [-0.2, -0.15) is 0 Å². The van der Waals surface area contributed by atoms with E-state index in [1.54, 1.807) is 11.9 Å². The summed E-state index contributed by atoms with van der Waals surface area (Å²) in [6, 6.07) is 27.6. The highest BCUT2D eigenvalue weighted by atomic mass is 16.2. The number of amides is 3. The highest BCUT2D eigenvalue weighted by Crippen LogP contribution is 2.35. The van der Waals surface area contributed by atoms with Crippen molar-refractivity contribution in [2.45, 2.75) is 68.7 Å². The first-order chi connectivity index (χ1) is 21.5. The Balaban J connectivity index is 1.37. The third-order valence-electron chi connectivity index (χ3n) is 9.23. The predicted molar refractivity (Wildman–Crippen MR) is 173 cm³/mol. The molecule has 8 nitrogen and oxygen atoms in total. The van der Waals surface area contributed by atoms with Crippen LogP contribution in [0.3, 0.4) is 0 Å². The van der Waals surface area contributed by atoms with Crippen LogP contribution in [0.5, 0.6) is 0 Å². The highest BCUT2D eigenvalue weighted by molar-refractivity contribution is 5.94. The van der Waals surface area contributed by atoms with Crippen molar-refractivity contribution in [1.82, 2.24) is 26.2 Å². The molecule has 4 N–H and O–H groups in total. The van der Waals surface area contributed by atoms with Gasteiger partial charge in [0.1, 0.15) is 12.1 Å². The van der Waals surface area contributed by atoms with Crippen LogP contribution in [0.1, 0.15) is 54.8 Å². The fraction of sp³-hybridized carbons (Fsp3) is 0.417. The summed E-state index contributed by atoms with van der Waals surface area (Å²) in [6.45, 7) is 0.744. The van der Waals surface area contributed by atoms with Crippen molar-refractivity contribution in [3.05, 3.63) is 108 Å². The van der Waals surface area contributed by atoms with Gasteiger partial charge in [0, 0.05) is 6.04 Å². The third-order valence-corrected chi connectivity index (χ3v) is 9.23. The summed E-state index contributed by atoms with van der Waals surface area (Å²) in [5, 5.41) is 12.8. The van der Waals surface area contributed by atoms with Crippen LogP contribution in [0.4, 0.5) is 0 Å². The molecule has 0 bridgehead atoms. The van der Waals surface area contributed by atoms with Crippen molar-refractivity contribution in [2.75, 3.05) is 20.6 Å². The quantitative estimate of drug-likeness (QED) is 0.256. The molecule has 2 heterocycles. The number of benzene rings is 3. The molecule has 8 heteroatoms. The molecule has 3 aromatic rings. The Kier molecular flexibility index (Phi) is 10.8. The summed E-state index contributed by atoms with van der Waals surface area (Å²) >= 11 is 0. The molecular formula is C36H45N5O3. The van der Waals surface area contributed by atoms with E-state index in [0.717, 1.165) is 48.9 Å².